The van der Waals surface area contributed by atoms with E-state index in [1.54, 1.807) is 66.7 Å². The second kappa shape index (κ2) is 7.69. The normalized spacial score (nSPS) is 24.3. The molecule has 35 heavy (non-hydrogen) atoms. The summed E-state index contributed by atoms with van der Waals surface area (Å²) in [5.74, 6) is -4.06. The minimum atomic E-state index is -2.09. The van der Waals surface area contributed by atoms with Gasteiger partial charge in [-0.1, -0.05) is 52.3 Å². The first-order chi connectivity index (χ1) is 16.9. The van der Waals surface area contributed by atoms with Gasteiger partial charge in [0.1, 0.15) is 5.75 Å². The summed E-state index contributed by atoms with van der Waals surface area (Å²) in [6, 6.07) is 20.0. The third kappa shape index (κ3) is 2.87. The number of carbonyl (C=O) groups is 4. The van der Waals surface area contributed by atoms with E-state index in [0.29, 0.717) is 17.0 Å². The number of anilines is 1. The van der Waals surface area contributed by atoms with Gasteiger partial charge in [0.25, 0.3) is 0 Å². The predicted molar refractivity (Wildman–Crippen MR) is 128 cm³/mol. The smallest absolute Gasteiger partial charge is 0.241 e. The molecule has 0 saturated carbocycles. The van der Waals surface area contributed by atoms with E-state index in [9.17, 15) is 19.2 Å². The van der Waals surface area contributed by atoms with Crippen molar-refractivity contribution in [2.75, 3.05) is 12.0 Å². The number of benzene rings is 3. The number of Topliss-reactive ketones (excluding diaryl/α,β-unsaturated/α-hetero) is 2. The highest BCUT2D eigenvalue weighted by molar-refractivity contribution is 9.10. The maximum atomic E-state index is 13.9. The van der Waals surface area contributed by atoms with Crippen molar-refractivity contribution in [2.45, 2.75) is 11.7 Å². The zero-order valence-electron chi connectivity index (χ0n) is 18.4. The number of hydrogen-bond acceptors (Lipinski definition) is 6. The molecule has 3 aromatic rings. The Morgan fingerprint density at radius 3 is 2.11 bits per heavy atom. The molecule has 0 bridgehead atoms. The fourth-order valence-electron chi connectivity index (χ4n) is 5.49. The van der Waals surface area contributed by atoms with E-state index in [0.717, 1.165) is 9.37 Å². The van der Waals surface area contributed by atoms with Gasteiger partial charge in [0.15, 0.2) is 0 Å². The Hall–Kier alpha value is -3.62. The maximum absolute atomic E-state index is 13.9. The number of nitrogens with zero attached hydrogens (tertiary/aromatic N) is 1. The maximum Gasteiger partial charge on any atom is 0.241 e. The molecule has 0 N–H and O–H groups in total. The summed E-state index contributed by atoms with van der Waals surface area (Å²) in [6.07, 6.45) is -0.959. The number of ether oxygens (including phenoxy) is 2. The zero-order chi connectivity index (χ0) is 24.5. The van der Waals surface area contributed by atoms with E-state index in [1.165, 1.54) is 7.11 Å². The van der Waals surface area contributed by atoms with Gasteiger partial charge in [0.2, 0.25) is 29.0 Å². The molecule has 7 nitrogen and oxygen atoms in total. The number of fused-ring (bicyclic) bond motifs is 3. The highest BCUT2D eigenvalue weighted by Crippen LogP contribution is 2.57. The van der Waals surface area contributed by atoms with Crippen LogP contribution in [0.2, 0.25) is 0 Å². The number of imide groups is 1. The predicted octanol–water partition coefficient (Wildman–Crippen LogP) is 4.15. The largest absolute Gasteiger partial charge is 0.497 e. The highest BCUT2D eigenvalue weighted by atomic mass is 79.9. The molecule has 6 rings (SSSR count). The van der Waals surface area contributed by atoms with Crippen LogP contribution in [0.1, 0.15) is 32.4 Å². The topological polar surface area (TPSA) is 90.0 Å². The fraction of sp³-hybridized carbons (Fsp3) is 0.185. The summed E-state index contributed by atoms with van der Waals surface area (Å²) < 4.78 is 12.2. The first-order valence-corrected chi connectivity index (χ1v) is 11.8. The van der Waals surface area contributed by atoms with Gasteiger partial charge in [0.05, 0.1) is 30.7 Å². The van der Waals surface area contributed by atoms with Crippen molar-refractivity contribution in [1.29, 1.82) is 0 Å². The molecule has 2 heterocycles. The molecule has 174 valence electrons. The van der Waals surface area contributed by atoms with Crippen LogP contribution in [0, 0.1) is 11.8 Å². The molecule has 2 saturated heterocycles. The van der Waals surface area contributed by atoms with Crippen molar-refractivity contribution in [2.24, 2.45) is 11.8 Å². The third-order valence-electron chi connectivity index (χ3n) is 7.03. The van der Waals surface area contributed by atoms with Gasteiger partial charge in [-0.05, 0) is 42.0 Å². The van der Waals surface area contributed by atoms with Gasteiger partial charge in [-0.2, -0.15) is 0 Å². The molecule has 0 radical (unpaired) electrons. The van der Waals surface area contributed by atoms with Gasteiger partial charge in [-0.25, -0.2) is 4.90 Å². The lowest BCUT2D eigenvalue weighted by Gasteiger charge is -2.27. The van der Waals surface area contributed by atoms with Crippen molar-refractivity contribution in [3.05, 3.63) is 94.0 Å². The van der Waals surface area contributed by atoms with Crippen LogP contribution >= 0.6 is 15.9 Å². The summed E-state index contributed by atoms with van der Waals surface area (Å²) in [4.78, 5) is 56.2. The molecule has 2 aliphatic heterocycles. The quantitative estimate of drug-likeness (QED) is 0.372. The number of amides is 2. The molecule has 3 atom stereocenters. The lowest BCUT2D eigenvalue weighted by atomic mass is 9.77. The van der Waals surface area contributed by atoms with E-state index < -0.39 is 46.9 Å². The Morgan fingerprint density at radius 1 is 0.857 bits per heavy atom. The van der Waals surface area contributed by atoms with Crippen molar-refractivity contribution in [1.82, 2.24) is 0 Å². The minimum absolute atomic E-state index is 0.203. The zero-order valence-corrected chi connectivity index (χ0v) is 20.0. The standard InChI is InChI=1S/C27H18BrNO6/c1-34-17-11-9-16(10-12-17)29-25(32)20-21(26(29)33)27(35-22(20)14-5-4-6-15(28)13-14)23(30)18-7-2-3-8-19(18)24(27)31/h2-13,20-22H,1H3/t20-,21+,22+/m0/s1. The number of ketones is 2. The van der Waals surface area contributed by atoms with Crippen LogP contribution in [0.3, 0.4) is 0 Å². The van der Waals surface area contributed by atoms with Gasteiger partial charge < -0.3 is 9.47 Å². The lowest BCUT2D eigenvalue weighted by Crippen LogP contribution is -2.51. The summed E-state index contributed by atoms with van der Waals surface area (Å²) in [7, 11) is 1.52. The minimum Gasteiger partial charge on any atom is -0.497 e. The second-order valence-corrected chi connectivity index (χ2v) is 9.66. The van der Waals surface area contributed by atoms with Crippen LogP contribution in [-0.4, -0.2) is 36.1 Å². The Balaban J connectivity index is 1.53. The first-order valence-electron chi connectivity index (χ1n) is 11.0. The van der Waals surface area contributed by atoms with Gasteiger partial charge in [-0.15, -0.1) is 0 Å². The number of hydrogen-bond donors (Lipinski definition) is 0. The van der Waals surface area contributed by atoms with Crippen molar-refractivity contribution in [3.8, 4) is 5.75 Å². The number of rotatable bonds is 3. The first kappa shape index (κ1) is 21.9. The SMILES string of the molecule is COc1ccc(N2C(=O)[C@@H]3[C@@H](c4cccc(Br)c4)OC4(C(=O)c5ccccc5C4=O)[C@H]3C2=O)cc1. The fourth-order valence-corrected chi connectivity index (χ4v) is 5.90. The Bertz CT molecular complexity index is 1400. The van der Waals surface area contributed by atoms with Crippen LogP contribution in [0.25, 0.3) is 0 Å². The molecule has 0 unspecified atom stereocenters. The van der Waals surface area contributed by atoms with Crippen LogP contribution in [0.5, 0.6) is 5.75 Å². The monoisotopic (exact) mass is 531 g/mol. The highest BCUT2D eigenvalue weighted by Gasteiger charge is 2.74. The van der Waals surface area contributed by atoms with Gasteiger partial charge in [-0.3, -0.25) is 19.2 Å². The number of halogens is 1. The molecule has 0 aromatic heterocycles. The summed E-state index contributed by atoms with van der Waals surface area (Å²) in [5, 5.41) is 0. The van der Waals surface area contributed by atoms with E-state index in [1.807, 2.05) is 6.07 Å². The average molecular weight is 532 g/mol. The van der Waals surface area contributed by atoms with Gasteiger partial charge in [0, 0.05) is 15.6 Å². The molecule has 1 spiro atoms. The van der Waals surface area contributed by atoms with E-state index in [4.69, 9.17) is 9.47 Å². The lowest BCUT2D eigenvalue weighted by molar-refractivity contribution is -0.127. The third-order valence-corrected chi connectivity index (χ3v) is 7.52. The van der Waals surface area contributed by atoms with E-state index >= 15 is 0 Å². The molecule has 2 fully saturated rings. The van der Waals surface area contributed by atoms with Crippen LogP contribution < -0.4 is 9.64 Å². The molecular formula is C27H18BrNO6. The van der Waals surface area contributed by atoms with Crippen LogP contribution in [-0.2, 0) is 14.3 Å². The van der Waals surface area contributed by atoms with Crippen molar-refractivity contribution in [3.63, 3.8) is 0 Å². The molecule has 2 amide bonds. The summed E-state index contributed by atoms with van der Waals surface area (Å²) in [5.41, 5.74) is -0.743. The molecule has 1 aliphatic carbocycles. The van der Waals surface area contributed by atoms with E-state index in [-0.39, 0.29) is 11.1 Å². The number of carbonyl (C=O) groups excluding carboxylic acids is 4. The number of methoxy groups -OCH3 is 1. The summed E-state index contributed by atoms with van der Waals surface area (Å²) >= 11 is 3.43. The Kier molecular flexibility index (Phi) is 4.81. The van der Waals surface area contributed by atoms with E-state index in [2.05, 4.69) is 15.9 Å². The molecular weight excluding hydrogens is 514 g/mol. The van der Waals surface area contributed by atoms with Crippen molar-refractivity contribution < 1.29 is 28.7 Å². The van der Waals surface area contributed by atoms with Crippen LogP contribution in [0.15, 0.2) is 77.3 Å². The van der Waals surface area contributed by atoms with Crippen LogP contribution in [0.4, 0.5) is 5.69 Å². The molecule has 8 heteroatoms. The summed E-state index contributed by atoms with van der Waals surface area (Å²) in [6.45, 7) is 0. The molecule has 3 aromatic carbocycles. The Morgan fingerprint density at radius 2 is 1.51 bits per heavy atom. The average Bonchev–Trinajstić information content (AvgIpc) is 3.44. The Labute approximate surface area is 208 Å². The second-order valence-electron chi connectivity index (χ2n) is 8.75. The molecule has 3 aliphatic rings. The van der Waals surface area contributed by atoms with Gasteiger partial charge >= 0.3 is 0 Å². The van der Waals surface area contributed by atoms with Crippen molar-refractivity contribution >= 4 is 45.0 Å².